The maximum absolute atomic E-state index is 13.9. The van der Waals surface area contributed by atoms with Crippen molar-refractivity contribution in [2.45, 2.75) is 24.0 Å². The fourth-order valence-electron chi connectivity index (χ4n) is 5.31. The van der Waals surface area contributed by atoms with Gasteiger partial charge in [-0.05, 0) is 73.2 Å². The first kappa shape index (κ1) is 37.0. The van der Waals surface area contributed by atoms with Crippen molar-refractivity contribution in [1.82, 2.24) is 24.5 Å². The van der Waals surface area contributed by atoms with Crippen LogP contribution < -0.4 is 15.4 Å². The zero-order valence-corrected chi connectivity index (χ0v) is 28.6. The second kappa shape index (κ2) is 14.9. The molecule has 0 aliphatic carbocycles. The second-order valence-electron chi connectivity index (χ2n) is 11.5. The Morgan fingerprint density at radius 2 is 1.62 bits per heavy atom. The molecule has 0 radical (unpaired) electrons. The molecule has 0 unspecified atom stereocenters. The summed E-state index contributed by atoms with van der Waals surface area (Å²) in [5, 5.41) is 16.4. The number of aryl methyl sites for hydroxylation is 1. The standard InChI is InChI=1S/C30H24F3N7O2.C6H6O3S/c1-19(21-12-15-37(2)16-13-21)36-28(41)26-27(25-11-14-35-39(25)23-9-7-20(18-34)8-10-23)38(3)40(29(26)42)24-6-4-5-22(17-24)30(31,32)33;7-10(8,9)6-4-2-1-3-5-6/h4-17,19H,1-3H3;1-5H,(H,7,8,9)/t19-;/m0./s1. The lowest BCUT2D eigenvalue weighted by Crippen LogP contribution is -2.33. The van der Waals surface area contributed by atoms with Crippen LogP contribution in [0.2, 0.25) is 0 Å². The van der Waals surface area contributed by atoms with Gasteiger partial charge in [-0.3, -0.25) is 14.3 Å². The summed E-state index contributed by atoms with van der Waals surface area (Å²) in [7, 11) is -0.905. The highest BCUT2D eigenvalue weighted by Gasteiger charge is 2.33. The van der Waals surface area contributed by atoms with Gasteiger partial charge in [-0.1, -0.05) is 24.3 Å². The lowest BCUT2D eigenvalue weighted by molar-refractivity contribution is -0.671. The van der Waals surface area contributed by atoms with E-state index in [1.54, 1.807) is 43.3 Å². The molecule has 3 heterocycles. The second-order valence-corrected chi connectivity index (χ2v) is 12.8. The first-order valence-electron chi connectivity index (χ1n) is 15.4. The number of benzene rings is 3. The molecule has 0 spiro atoms. The lowest BCUT2D eigenvalue weighted by Gasteiger charge is -2.15. The third-order valence-corrected chi connectivity index (χ3v) is 8.77. The highest BCUT2D eigenvalue weighted by Crippen LogP contribution is 2.31. The van der Waals surface area contributed by atoms with Gasteiger partial charge in [-0.25, -0.2) is 22.3 Å². The minimum Gasteiger partial charge on any atom is -0.744 e. The number of nitrogens with one attached hydrogen (secondary N) is 1. The maximum atomic E-state index is 13.9. The van der Waals surface area contributed by atoms with Crippen LogP contribution in [-0.4, -0.2) is 38.0 Å². The zero-order valence-electron chi connectivity index (χ0n) is 27.8. The molecule has 3 aromatic heterocycles. The highest BCUT2D eigenvalue weighted by molar-refractivity contribution is 7.85. The van der Waals surface area contributed by atoms with Crippen LogP contribution in [0.25, 0.3) is 22.8 Å². The molecular formula is C36H30F3N7O5S. The van der Waals surface area contributed by atoms with Crippen LogP contribution in [0.1, 0.15) is 40.0 Å². The SMILES string of the molecule is C[C@H](NC(=O)c1c(-c2ccnn2-c2ccc(C#N)cc2)n(C)n(-c2cccc(C(F)(F)F)c2)c1=O)c1cc[n+](C)cc1.O=S(=O)([O-])c1ccccc1. The summed E-state index contributed by atoms with van der Waals surface area (Å²) in [4.78, 5) is 27.5. The summed E-state index contributed by atoms with van der Waals surface area (Å²) in [6.45, 7) is 1.77. The van der Waals surface area contributed by atoms with Gasteiger partial charge in [-0.15, -0.1) is 0 Å². The Kier molecular flexibility index (Phi) is 10.6. The van der Waals surface area contributed by atoms with Crippen molar-refractivity contribution in [3.8, 4) is 28.8 Å². The number of rotatable bonds is 7. The van der Waals surface area contributed by atoms with Crippen molar-refractivity contribution < 1.29 is 35.5 Å². The van der Waals surface area contributed by atoms with Gasteiger partial charge in [0.25, 0.3) is 11.5 Å². The molecule has 0 aliphatic heterocycles. The van der Waals surface area contributed by atoms with E-state index in [1.807, 2.05) is 42.2 Å². The normalized spacial score (nSPS) is 12.0. The van der Waals surface area contributed by atoms with Crippen LogP contribution >= 0.6 is 0 Å². The Bertz CT molecular complexity index is 2430. The van der Waals surface area contributed by atoms with Crippen molar-refractivity contribution in [3.63, 3.8) is 0 Å². The van der Waals surface area contributed by atoms with E-state index in [2.05, 4.69) is 10.4 Å². The number of nitriles is 1. The predicted octanol–water partition coefficient (Wildman–Crippen LogP) is 4.83. The number of aromatic nitrogens is 5. The maximum Gasteiger partial charge on any atom is 0.416 e. The Balaban J connectivity index is 0.000000452. The quantitative estimate of drug-likeness (QED) is 0.182. The minimum atomic E-state index is -4.64. The van der Waals surface area contributed by atoms with E-state index >= 15 is 0 Å². The molecule has 0 bridgehead atoms. The molecule has 1 amide bonds. The third kappa shape index (κ3) is 8.01. The van der Waals surface area contributed by atoms with E-state index in [1.165, 1.54) is 59.0 Å². The van der Waals surface area contributed by atoms with Gasteiger partial charge >= 0.3 is 6.18 Å². The molecule has 16 heteroatoms. The van der Waals surface area contributed by atoms with Gasteiger partial charge in [0.1, 0.15) is 28.4 Å². The highest BCUT2D eigenvalue weighted by atomic mass is 32.2. The topological polar surface area (TPSA) is 159 Å². The van der Waals surface area contributed by atoms with Gasteiger partial charge in [0.05, 0.1) is 51.4 Å². The molecule has 6 rings (SSSR count). The first-order chi connectivity index (χ1) is 24.6. The summed E-state index contributed by atoms with van der Waals surface area (Å²) < 4.78 is 77.2. The van der Waals surface area contributed by atoms with E-state index in [-0.39, 0.29) is 21.8 Å². The van der Waals surface area contributed by atoms with Crippen molar-refractivity contribution in [3.05, 3.63) is 148 Å². The molecule has 1 N–H and O–H groups in total. The Hall–Kier alpha value is -6.31. The Morgan fingerprint density at radius 1 is 0.962 bits per heavy atom. The average molecular weight is 730 g/mol. The van der Waals surface area contributed by atoms with E-state index in [0.29, 0.717) is 16.9 Å². The van der Waals surface area contributed by atoms with Crippen LogP contribution in [-0.2, 0) is 30.4 Å². The number of hydrogen-bond acceptors (Lipinski definition) is 7. The smallest absolute Gasteiger partial charge is 0.416 e. The van der Waals surface area contributed by atoms with E-state index in [9.17, 15) is 41.0 Å². The fourth-order valence-corrected chi connectivity index (χ4v) is 5.80. The first-order valence-corrected chi connectivity index (χ1v) is 16.8. The summed E-state index contributed by atoms with van der Waals surface area (Å²) >= 11 is 0. The van der Waals surface area contributed by atoms with E-state index < -0.39 is 39.4 Å². The van der Waals surface area contributed by atoms with Gasteiger partial charge in [0, 0.05) is 19.2 Å². The van der Waals surface area contributed by atoms with Crippen LogP contribution in [0.4, 0.5) is 13.2 Å². The summed E-state index contributed by atoms with van der Waals surface area (Å²) in [5.74, 6) is -0.704. The average Bonchev–Trinajstić information content (AvgIpc) is 3.70. The molecule has 3 aromatic carbocycles. The van der Waals surface area contributed by atoms with Crippen LogP contribution in [0, 0.1) is 11.3 Å². The summed E-state index contributed by atoms with van der Waals surface area (Å²) in [5.41, 5.74) is 0.184. The van der Waals surface area contributed by atoms with Crippen molar-refractivity contribution in [2.24, 2.45) is 14.1 Å². The van der Waals surface area contributed by atoms with Gasteiger partial charge in [0.15, 0.2) is 12.4 Å². The minimum absolute atomic E-state index is 0.0642. The number of alkyl halides is 3. The van der Waals surface area contributed by atoms with Crippen LogP contribution in [0.3, 0.4) is 0 Å². The number of halogens is 3. The number of carbonyl (C=O) groups is 1. The lowest BCUT2D eigenvalue weighted by atomic mass is 10.1. The van der Waals surface area contributed by atoms with Gasteiger partial charge in [-0.2, -0.15) is 23.5 Å². The Labute approximate surface area is 296 Å². The summed E-state index contributed by atoms with van der Waals surface area (Å²) in [6, 6.07) is 24.9. The monoisotopic (exact) mass is 729 g/mol. The fraction of sp³-hybridized carbons (Fsp3) is 0.139. The van der Waals surface area contributed by atoms with Gasteiger partial charge < -0.3 is 9.87 Å². The van der Waals surface area contributed by atoms with E-state index in [4.69, 9.17) is 0 Å². The molecule has 52 heavy (non-hydrogen) atoms. The Morgan fingerprint density at radius 3 is 2.19 bits per heavy atom. The molecule has 266 valence electrons. The molecule has 0 saturated carbocycles. The van der Waals surface area contributed by atoms with Crippen LogP contribution in [0.5, 0.6) is 0 Å². The number of carbonyl (C=O) groups excluding carboxylic acids is 1. The molecule has 0 aliphatic rings. The molecular weight excluding hydrogens is 700 g/mol. The molecule has 0 fully saturated rings. The zero-order chi connectivity index (χ0) is 37.8. The third-order valence-electron chi connectivity index (χ3n) is 7.92. The van der Waals surface area contributed by atoms with Crippen molar-refractivity contribution in [1.29, 1.82) is 5.26 Å². The molecule has 0 saturated heterocycles. The van der Waals surface area contributed by atoms with Crippen molar-refractivity contribution in [2.75, 3.05) is 0 Å². The number of amides is 1. The predicted molar refractivity (Wildman–Crippen MR) is 181 cm³/mol. The van der Waals surface area contributed by atoms with Crippen LogP contribution in [0.15, 0.2) is 125 Å². The van der Waals surface area contributed by atoms with E-state index in [0.717, 1.165) is 22.4 Å². The molecule has 6 aromatic rings. The summed E-state index contributed by atoms with van der Waals surface area (Å²) in [6.07, 6.45) is 0.489. The molecule has 1 atom stereocenters. The van der Waals surface area contributed by atoms with Crippen molar-refractivity contribution >= 4 is 16.0 Å². The number of hydrogen-bond donors (Lipinski definition) is 1. The number of nitrogens with zero attached hydrogens (tertiary/aromatic N) is 6. The largest absolute Gasteiger partial charge is 0.744 e. The number of pyridine rings is 1. The molecule has 12 nitrogen and oxygen atoms in total. The van der Waals surface area contributed by atoms with Gasteiger partial charge in [0.2, 0.25) is 0 Å².